The van der Waals surface area contributed by atoms with Crippen LogP contribution in [-0.2, 0) is 6.42 Å². The molecule has 104 valence electrons. The molecule has 0 atom stereocenters. The number of nitrogens with zero attached hydrogens (tertiary/aromatic N) is 1. The van der Waals surface area contributed by atoms with Crippen LogP contribution in [0.4, 0.5) is 0 Å². The summed E-state index contributed by atoms with van der Waals surface area (Å²) in [6.45, 7) is 2.01. The van der Waals surface area contributed by atoms with Gasteiger partial charge in [0, 0.05) is 34.6 Å². The number of aromatic nitrogens is 1. The van der Waals surface area contributed by atoms with Crippen molar-refractivity contribution in [2.75, 3.05) is 0 Å². The number of pyridine rings is 1. The third kappa shape index (κ3) is 3.95. The molecule has 1 aromatic heterocycles. The highest BCUT2D eigenvalue weighted by Crippen LogP contribution is 2.20. The molecular formula is C15H14Cl2N2O. The zero-order valence-electron chi connectivity index (χ0n) is 11.0. The summed E-state index contributed by atoms with van der Waals surface area (Å²) in [5.41, 5.74) is 2.10. The molecule has 1 aliphatic rings. The van der Waals surface area contributed by atoms with Crippen molar-refractivity contribution in [1.82, 2.24) is 10.3 Å². The van der Waals surface area contributed by atoms with E-state index in [0.717, 1.165) is 12.0 Å². The quantitative estimate of drug-likeness (QED) is 0.920. The molecule has 0 unspecified atom stereocenters. The molecule has 0 spiro atoms. The van der Waals surface area contributed by atoms with Crippen LogP contribution < -0.4 is 5.32 Å². The van der Waals surface area contributed by atoms with E-state index in [1.54, 1.807) is 24.4 Å². The minimum Gasteiger partial charge on any atom is -0.322 e. The van der Waals surface area contributed by atoms with Gasteiger partial charge in [-0.3, -0.25) is 9.78 Å². The van der Waals surface area contributed by atoms with Gasteiger partial charge in [-0.05, 0) is 30.2 Å². The molecule has 0 aromatic carbocycles. The lowest BCUT2D eigenvalue weighted by molar-refractivity contribution is 0.0966. The van der Waals surface area contributed by atoms with Crippen molar-refractivity contribution in [2.24, 2.45) is 0 Å². The topological polar surface area (TPSA) is 42.0 Å². The number of hydrogen-bond donors (Lipinski definition) is 1. The minimum atomic E-state index is -0.230. The second-order valence-electron chi connectivity index (χ2n) is 4.37. The maximum atomic E-state index is 12.2. The molecule has 1 aromatic rings. The summed E-state index contributed by atoms with van der Waals surface area (Å²) in [6, 6.07) is 1.82. The SMILES string of the molecule is CCc1cncc(C(=O)NC2=CC(Cl)=CCC(Cl)=C2)c1. The Hall–Kier alpha value is -1.58. The van der Waals surface area contributed by atoms with E-state index in [-0.39, 0.29) is 5.91 Å². The zero-order valence-corrected chi connectivity index (χ0v) is 12.5. The molecule has 1 N–H and O–H groups in total. The van der Waals surface area contributed by atoms with Crippen LogP contribution >= 0.6 is 23.2 Å². The highest BCUT2D eigenvalue weighted by atomic mass is 35.5. The largest absolute Gasteiger partial charge is 0.322 e. The standard InChI is InChI=1S/C15H14Cl2N2O/c1-2-10-5-11(9-18-8-10)15(20)19-14-6-12(16)3-4-13(17)7-14/h3,5-9H,2,4H2,1H3,(H,19,20). The Balaban J connectivity index is 2.18. The molecule has 0 saturated heterocycles. The van der Waals surface area contributed by atoms with Crippen molar-refractivity contribution in [2.45, 2.75) is 19.8 Å². The molecule has 0 aliphatic heterocycles. The third-order valence-corrected chi connectivity index (χ3v) is 3.35. The predicted molar refractivity (Wildman–Crippen MR) is 81.7 cm³/mol. The number of allylic oxidation sites excluding steroid dienone is 5. The zero-order chi connectivity index (χ0) is 14.5. The second-order valence-corrected chi connectivity index (χ2v) is 5.30. The van der Waals surface area contributed by atoms with Crippen molar-refractivity contribution in [3.8, 4) is 0 Å². The van der Waals surface area contributed by atoms with Crippen LogP contribution in [0.25, 0.3) is 0 Å². The predicted octanol–water partition coefficient (Wildman–Crippen LogP) is 3.91. The Morgan fingerprint density at radius 1 is 1.35 bits per heavy atom. The minimum absolute atomic E-state index is 0.230. The lowest BCUT2D eigenvalue weighted by Crippen LogP contribution is -2.22. The average Bonchev–Trinajstić information content (AvgIpc) is 2.60. The molecule has 1 amide bonds. The maximum absolute atomic E-state index is 12.2. The number of rotatable bonds is 3. The number of carbonyl (C=O) groups excluding carboxylic acids is 1. The Morgan fingerprint density at radius 2 is 2.15 bits per heavy atom. The first kappa shape index (κ1) is 14.8. The van der Waals surface area contributed by atoms with Gasteiger partial charge in [-0.2, -0.15) is 0 Å². The van der Waals surface area contributed by atoms with Gasteiger partial charge in [0.2, 0.25) is 0 Å². The lowest BCUT2D eigenvalue weighted by atomic mass is 10.1. The van der Waals surface area contributed by atoms with Gasteiger partial charge in [-0.25, -0.2) is 0 Å². The van der Waals surface area contributed by atoms with Crippen LogP contribution in [0.5, 0.6) is 0 Å². The van der Waals surface area contributed by atoms with Crippen molar-refractivity contribution >= 4 is 29.1 Å². The van der Waals surface area contributed by atoms with E-state index < -0.39 is 0 Å². The summed E-state index contributed by atoms with van der Waals surface area (Å²) in [5.74, 6) is -0.230. The van der Waals surface area contributed by atoms with E-state index in [9.17, 15) is 4.79 Å². The van der Waals surface area contributed by atoms with E-state index in [0.29, 0.717) is 27.7 Å². The summed E-state index contributed by atoms with van der Waals surface area (Å²) < 4.78 is 0. The van der Waals surface area contributed by atoms with E-state index >= 15 is 0 Å². The summed E-state index contributed by atoms with van der Waals surface area (Å²) in [6.07, 6.45) is 9.83. The molecule has 3 nitrogen and oxygen atoms in total. The van der Waals surface area contributed by atoms with Gasteiger partial charge in [-0.1, -0.05) is 36.2 Å². The molecular weight excluding hydrogens is 295 g/mol. The Labute approximate surface area is 128 Å². The van der Waals surface area contributed by atoms with Crippen molar-refractivity contribution < 1.29 is 4.79 Å². The molecule has 1 aliphatic carbocycles. The van der Waals surface area contributed by atoms with E-state index in [1.807, 2.05) is 13.0 Å². The van der Waals surface area contributed by atoms with Gasteiger partial charge < -0.3 is 5.32 Å². The van der Waals surface area contributed by atoms with Crippen LogP contribution in [-0.4, -0.2) is 10.9 Å². The fourth-order valence-corrected chi connectivity index (χ4v) is 2.14. The van der Waals surface area contributed by atoms with E-state index in [4.69, 9.17) is 23.2 Å². The molecule has 5 heteroatoms. The normalized spacial score (nSPS) is 14.8. The van der Waals surface area contributed by atoms with Gasteiger partial charge in [0.15, 0.2) is 0 Å². The highest BCUT2D eigenvalue weighted by Gasteiger charge is 2.10. The first-order valence-corrected chi connectivity index (χ1v) is 7.02. The molecule has 20 heavy (non-hydrogen) atoms. The summed E-state index contributed by atoms with van der Waals surface area (Å²) in [5, 5.41) is 3.95. The first-order chi connectivity index (χ1) is 9.58. The van der Waals surface area contributed by atoms with Crippen molar-refractivity contribution in [3.05, 3.63) is 63.6 Å². The number of hydrogen-bond acceptors (Lipinski definition) is 2. The molecule has 0 saturated carbocycles. The van der Waals surface area contributed by atoms with Crippen LogP contribution in [0.1, 0.15) is 29.3 Å². The van der Waals surface area contributed by atoms with Crippen LogP contribution in [0, 0.1) is 0 Å². The van der Waals surface area contributed by atoms with Crippen molar-refractivity contribution in [1.29, 1.82) is 0 Å². The number of carbonyl (C=O) groups is 1. The van der Waals surface area contributed by atoms with Crippen molar-refractivity contribution in [3.63, 3.8) is 0 Å². The van der Waals surface area contributed by atoms with Gasteiger partial charge in [0.05, 0.1) is 5.56 Å². The lowest BCUT2D eigenvalue weighted by Gasteiger charge is -2.07. The molecule has 2 rings (SSSR count). The fraction of sp³-hybridized carbons (Fsp3) is 0.200. The fourth-order valence-electron chi connectivity index (χ4n) is 1.75. The molecule has 0 radical (unpaired) electrons. The van der Waals surface area contributed by atoms with E-state index in [1.165, 1.54) is 6.20 Å². The Morgan fingerprint density at radius 3 is 2.90 bits per heavy atom. The monoisotopic (exact) mass is 308 g/mol. The number of aryl methyl sites for hydroxylation is 1. The summed E-state index contributed by atoms with van der Waals surface area (Å²) >= 11 is 12.0. The molecule has 1 heterocycles. The maximum Gasteiger partial charge on any atom is 0.257 e. The van der Waals surface area contributed by atoms with Gasteiger partial charge in [0.1, 0.15) is 0 Å². The van der Waals surface area contributed by atoms with Crippen LogP contribution in [0.3, 0.4) is 0 Å². The Kier molecular flexibility index (Phi) is 4.99. The van der Waals surface area contributed by atoms with Crippen LogP contribution in [0.2, 0.25) is 0 Å². The van der Waals surface area contributed by atoms with Gasteiger partial charge in [0.25, 0.3) is 5.91 Å². The smallest absolute Gasteiger partial charge is 0.257 e. The number of amides is 1. The van der Waals surface area contributed by atoms with E-state index in [2.05, 4.69) is 10.3 Å². The number of halogens is 2. The number of nitrogens with one attached hydrogen (secondary N) is 1. The Bertz CT molecular complexity index is 618. The van der Waals surface area contributed by atoms with Gasteiger partial charge in [-0.15, -0.1) is 0 Å². The molecule has 0 bridgehead atoms. The first-order valence-electron chi connectivity index (χ1n) is 6.27. The second kappa shape index (κ2) is 6.73. The summed E-state index contributed by atoms with van der Waals surface area (Å²) in [7, 11) is 0. The van der Waals surface area contributed by atoms with Crippen LogP contribution in [0.15, 0.2) is 52.4 Å². The highest BCUT2D eigenvalue weighted by molar-refractivity contribution is 6.32. The van der Waals surface area contributed by atoms with Gasteiger partial charge >= 0.3 is 0 Å². The molecule has 0 fully saturated rings. The summed E-state index contributed by atoms with van der Waals surface area (Å²) in [4.78, 5) is 16.2. The average molecular weight is 309 g/mol. The third-order valence-electron chi connectivity index (χ3n) is 2.82.